The summed E-state index contributed by atoms with van der Waals surface area (Å²) in [4.78, 5) is 28.8. The quantitative estimate of drug-likeness (QED) is 0.804. The van der Waals surface area contributed by atoms with Crippen molar-refractivity contribution in [2.45, 2.75) is 44.9 Å². The van der Waals surface area contributed by atoms with Crippen LogP contribution in [0.1, 0.15) is 44.1 Å². The van der Waals surface area contributed by atoms with E-state index in [1.165, 1.54) is 5.56 Å². The fourth-order valence-electron chi connectivity index (χ4n) is 3.82. The average Bonchev–Trinajstić information content (AvgIpc) is 3.17. The molecule has 0 radical (unpaired) electrons. The molecule has 25 heavy (non-hydrogen) atoms. The Morgan fingerprint density at radius 2 is 1.60 bits per heavy atom. The molecule has 0 unspecified atom stereocenters. The lowest BCUT2D eigenvalue weighted by atomic mass is 9.95. The monoisotopic (exact) mass is 362 g/mol. The van der Waals surface area contributed by atoms with Crippen LogP contribution in [-0.4, -0.2) is 47.8 Å². The minimum Gasteiger partial charge on any atom is -0.343 e. The van der Waals surface area contributed by atoms with Gasteiger partial charge in [0, 0.05) is 43.5 Å². The van der Waals surface area contributed by atoms with Crippen molar-refractivity contribution < 1.29 is 9.59 Å². The third-order valence-corrected chi connectivity index (χ3v) is 5.64. The number of hydrogen-bond acceptors (Lipinski definition) is 2. The number of rotatable bonds is 5. The lowest BCUT2D eigenvalue weighted by Crippen LogP contribution is -2.43. The molecule has 2 aliphatic rings. The molecule has 2 amide bonds. The number of carbonyl (C=O) groups is 2. The van der Waals surface area contributed by atoms with E-state index in [0.29, 0.717) is 12.3 Å². The molecule has 136 valence electrons. The molecule has 2 saturated heterocycles. The number of amides is 2. The maximum Gasteiger partial charge on any atom is 0.225 e. The van der Waals surface area contributed by atoms with Gasteiger partial charge in [0.05, 0.1) is 0 Å². The van der Waals surface area contributed by atoms with Crippen LogP contribution in [0.4, 0.5) is 0 Å². The van der Waals surface area contributed by atoms with E-state index in [-0.39, 0.29) is 11.8 Å². The third kappa shape index (κ3) is 4.97. The number of likely N-dealkylation sites (tertiary alicyclic amines) is 2. The predicted molar refractivity (Wildman–Crippen MR) is 99.5 cm³/mol. The molecule has 4 nitrogen and oxygen atoms in total. The van der Waals surface area contributed by atoms with Gasteiger partial charge in [0.15, 0.2) is 0 Å². The van der Waals surface area contributed by atoms with Gasteiger partial charge in [0.2, 0.25) is 11.8 Å². The van der Waals surface area contributed by atoms with Crippen LogP contribution in [0.2, 0.25) is 5.02 Å². The van der Waals surface area contributed by atoms with Crippen molar-refractivity contribution in [3.63, 3.8) is 0 Å². The number of piperidine rings is 1. The molecule has 0 aliphatic carbocycles. The standard InChI is InChI=1S/C20H27ClN2O2/c21-18-8-6-16(7-9-18)4-3-5-19(24)22-14-10-17(11-15-22)20(25)23-12-1-2-13-23/h6-9,17H,1-5,10-15H2. The van der Waals surface area contributed by atoms with E-state index < -0.39 is 0 Å². The number of halogens is 1. The SMILES string of the molecule is O=C(CCCc1ccc(Cl)cc1)N1CCC(C(=O)N2CCCC2)CC1. The maximum atomic E-state index is 12.4. The van der Waals surface area contributed by atoms with Gasteiger partial charge in [-0.05, 0) is 56.2 Å². The van der Waals surface area contributed by atoms with Crippen molar-refractivity contribution in [3.8, 4) is 0 Å². The van der Waals surface area contributed by atoms with Crippen molar-refractivity contribution >= 4 is 23.4 Å². The summed E-state index contributed by atoms with van der Waals surface area (Å²) in [5.74, 6) is 0.657. The summed E-state index contributed by atoms with van der Waals surface area (Å²) in [7, 11) is 0. The van der Waals surface area contributed by atoms with Crippen LogP contribution in [0.3, 0.4) is 0 Å². The van der Waals surface area contributed by atoms with Crippen molar-refractivity contribution in [2.75, 3.05) is 26.2 Å². The molecule has 0 N–H and O–H groups in total. The smallest absolute Gasteiger partial charge is 0.225 e. The predicted octanol–water partition coefficient (Wildman–Crippen LogP) is 3.52. The van der Waals surface area contributed by atoms with Gasteiger partial charge in [-0.2, -0.15) is 0 Å². The molecule has 0 aromatic heterocycles. The molecule has 2 heterocycles. The Bertz CT molecular complexity index is 588. The summed E-state index contributed by atoms with van der Waals surface area (Å²) in [6, 6.07) is 7.81. The van der Waals surface area contributed by atoms with Crippen molar-refractivity contribution in [2.24, 2.45) is 5.92 Å². The normalized spacial score (nSPS) is 18.6. The van der Waals surface area contributed by atoms with E-state index >= 15 is 0 Å². The van der Waals surface area contributed by atoms with Crippen LogP contribution in [0, 0.1) is 5.92 Å². The lowest BCUT2D eigenvalue weighted by molar-refractivity contribution is -0.140. The van der Waals surface area contributed by atoms with Crippen molar-refractivity contribution in [1.29, 1.82) is 0 Å². The van der Waals surface area contributed by atoms with Crippen molar-refractivity contribution in [1.82, 2.24) is 9.80 Å². The highest BCUT2D eigenvalue weighted by molar-refractivity contribution is 6.30. The topological polar surface area (TPSA) is 40.6 Å². The zero-order valence-electron chi connectivity index (χ0n) is 14.8. The second-order valence-electron chi connectivity index (χ2n) is 7.17. The zero-order chi connectivity index (χ0) is 17.6. The second-order valence-corrected chi connectivity index (χ2v) is 7.60. The van der Waals surface area contributed by atoms with Gasteiger partial charge >= 0.3 is 0 Å². The van der Waals surface area contributed by atoms with Crippen LogP contribution in [-0.2, 0) is 16.0 Å². The van der Waals surface area contributed by atoms with Crippen LogP contribution in [0.25, 0.3) is 0 Å². The minimum atomic E-state index is 0.121. The summed E-state index contributed by atoms with van der Waals surface area (Å²) in [5, 5.41) is 0.742. The number of carbonyl (C=O) groups excluding carboxylic acids is 2. The van der Waals surface area contributed by atoms with E-state index in [2.05, 4.69) is 0 Å². The number of hydrogen-bond donors (Lipinski definition) is 0. The molecule has 0 spiro atoms. The van der Waals surface area contributed by atoms with Gasteiger partial charge in [-0.1, -0.05) is 23.7 Å². The van der Waals surface area contributed by atoms with Crippen LogP contribution >= 0.6 is 11.6 Å². The Hall–Kier alpha value is -1.55. The number of aryl methyl sites for hydroxylation is 1. The second kappa shape index (κ2) is 8.70. The van der Waals surface area contributed by atoms with Crippen LogP contribution < -0.4 is 0 Å². The highest BCUT2D eigenvalue weighted by atomic mass is 35.5. The number of benzene rings is 1. The van der Waals surface area contributed by atoms with Gasteiger partial charge in [-0.25, -0.2) is 0 Å². The first kappa shape index (κ1) is 18.2. The molecular formula is C20H27ClN2O2. The molecule has 1 aromatic rings. The van der Waals surface area contributed by atoms with Crippen LogP contribution in [0.5, 0.6) is 0 Å². The first-order valence-electron chi connectivity index (χ1n) is 9.44. The summed E-state index contributed by atoms with van der Waals surface area (Å²) >= 11 is 5.89. The average molecular weight is 363 g/mol. The Morgan fingerprint density at radius 3 is 2.24 bits per heavy atom. The first-order chi connectivity index (χ1) is 12.1. The Balaban J connectivity index is 1.37. The Morgan fingerprint density at radius 1 is 0.960 bits per heavy atom. The van der Waals surface area contributed by atoms with E-state index in [0.717, 1.165) is 69.7 Å². The molecule has 1 aromatic carbocycles. The van der Waals surface area contributed by atoms with Gasteiger partial charge in [0.1, 0.15) is 0 Å². The van der Waals surface area contributed by atoms with Crippen LogP contribution in [0.15, 0.2) is 24.3 Å². The summed E-state index contributed by atoms with van der Waals surface area (Å²) < 4.78 is 0. The van der Waals surface area contributed by atoms with Gasteiger partial charge in [-0.3, -0.25) is 9.59 Å². The van der Waals surface area contributed by atoms with E-state index in [4.69, 9.17) is 11.6 Å². The van der Waals surface area contributed by atoms with Gasteiger partial charge in [0.25, 0.3) is 0 Å². The molecule has 0 saturated carbocycles. The van der Waals surface area contributed by atoms with E-state index in [9.17, 15) is 9.59 Å². The van der Waals surface area contributed by atoms with Gasteiger partial charge < -0.3 is 9.80 Å². The highest BCUT2D eigenvalue weighted by Gasteiger charge is 2.30. The first-order valence-corrected chi connectivity index (χ1v) is 9.82. The molecule has 2 fully saturated rings. The highest BCUT2D eigenvalue weighted by Crippen LogP contribution is 2.23. The Kier molecular flexibility index (Phi) is 6.35. The third-order valence-electron chi connectivity index (χ3n) is 5.38. The number of nitrogens with zero attached hydrogens (tertiary/aromatic N) is 2. The van der Waals surface area contributed by atoms with E-state index in [1.54, 1.807) is 0 Å². The fourth-order valence-corrected chi connectivity index (χ4v) is 3.95. The Labute approximate surface area is 155 Å². The molecular weight excluding hydrogens is 336 g/mol. The summed E-state index contributed by atoms with van der Waals surface area (Å²) in [6.45, 7) is 3.29. The van der Waals surface area contributed by atoms with Crippen molar-refractivity contribution in [3.05, 3.63) is 34.9 Å². The molecule has 0 bridgehead atoms. The maximum absolute atomic E-state index is 12.4. The molecule has 5 heteroatoms. The van der Waals surface area contributed by atoms with E-state index in [1.807, 2.05) is 34.1 Å². The molecule has 2 aliphatic heterocycles. The zero-order valence-corrected chi connectivity index (χ0v) is 15.5. The summed E-state index contributed by atoms with van der Waals surface area (Å²) in [6.07, 6.45) is 6.23. The van der Waals surface area contributed by atoms with Gasteiger partial charge in [-0.15, -0.1) is 0 Å². The fraction of sp³-hybridized carbons (Fsp3) is 0.600. The lowest BCUT2D eigenvalue weighted by Gasteiger charge is -2.33. The largest absolute Gasteiger partial charge is 0.343 e. The summed E-state index contributed by atoms with van der Waals surface area (Å²) in [5.41, 5.74) is 1.21. The molecule has 3 rings (SSSR count). The molecule has 0 atom stereocenters. The minimum absolute atomic E-state index is 0.121.